The number of allylic oxidation sites excluding steroid dienone is 1. The van der Waals surface area contributed by atoms with Crippen LogP contribution in [0.4, 0.5) is 0 Å². The van der Waals surface area contributed by atoms with Gasteiger partial charge in [0.1, 0.15) is 0 Å². The highest BCUT2D eigenvalue weighted by atomic mass is 16.2. The molecule has 0 aliphatic heterocycles. The molecule has 0 heterocycles. The van der Waals surface area contributed by atoms with E-state index in [2.05, 4.69) is 5.43 Å². The minimum absolute atomic E-state index is 0.0122. The first-order valence-corrected chi connectivity index (χ1v) is 3.77. The lowest BCUT2D eigenvalue weighted by Crippen LogP contribution is -2.30. The van der Waals surface area contributed by atoms with Gasteiger partial charge in [-0.1, -0.05) is 0 Å². The van der Waals surface area contributed by atoms with Gasteiger partial charge in [-0.15, -0.1) is 0 Å². The minimum atomic E-state index is -0.0122. The van der Waals surface area contributed by atoms with Gasteiger partial charge in [-0.3, -0.25) is 4.79 Å². The average molecular weight is 171 g/mol. The van der Waals surface area contributed by atoms with E-state index in [1.165, 1.54) is 4.90 Å². The summed E-state index contributed by atoms with van der Waals surface area (Å²) in [6.07, 6.45) is 1.56. The van der Waals surface area contributed by atoms with Crippen molar-refractivity contribution in [2.75, 3.05) is 28.2 Å². The second-order valence-corrected chi connectivity index (χ2v) is 3.07. The first-order valence-electron chi connectivity index (χ1n) is 3.77. The maximum absolute atomic E-state index is 11.1. The molecule has 1 N–H and O–H groups in total. The van der Waals surface area contributed by atoms with Crippen molar-refractivity contribution in [3.63, 3.8) is 0 Å². The second-order valence-electron chi connectivity index (χ2n) is 3.07. The fraction of sp³-hybridized carbons (Fsp3) is 0.625. The number of likely N-dealkylation sites (N-methyl/N-ethyl adjacent to an activating group) is 1. The molecule has 0 spiro atoms. The Morgan fingerprint density at radius 1 is 1.25 bits per heavy atom. The summed E-state index contributed by atoms with van der Waals surface area (Å²) in [6.45, 7) is 1.85. The number of hydrogen-bond donors (Lipinski definition) is 1. The zero-order valence-corrected chi connectivity index (χ0v) is 8.38. The Hall–Kier alpha value is -1.03. The molecule has 0 radical (unpaired) electrons. The van der Waals surface area contributed by atoms with Crippen LogP contribution in [-0.2, 0) is 4.79 Å². The number of carbonyl (C=O) groups is 1. The molecular formula is C8H17N3O. The van der Waals surface area contributed by atoms with Gasteiger partial charge in [0.15, 0.2) is 0 Å². The van der Waals surface area contributed by atoms with Crippen LogP contribution in [0.5, 0.6) is 0 Å². The Morgan fingerprint density at radius 2 is 1.75 bits per heavy atom. The van der Waals surface area contributed by atoms with E-state index < -0.39 is 0 Å². The SMILES string of the molecule is CC(=CC(=O)N(C)C)NN(C)C. The summed E-state index contributed by atoms with van der Waals surface area (Å²) in [6, 6.07) is 0. The molecule has 0 atom stereocenters. The summed E-state index contributed by atoms with van der Waals surface area (Å²) < 4.78 is 0. The zero-order valence-electron chi connectivity index (χ0n) is 8.38. The third kappa shape index (κ3) is 4.73. The fourth-order valence-corrected chi connectivity index (χ4v) is 0.699. The molecule has 0 bridgehead atoms. The largest absolute Gasteiger partial charge is 0.345 e. The fourth-order valence-electron chi connectivity index (χ4n) is 0.699. The topological polar surface area (TPSA) is 35.6 Å². The van der Waals surface area contributed by atoms with Crippen LogP contribution in [0, 0.1) is 0 Å². The molecule has 12 heavy (non-hydrogen) atoms. The number of nitrogens with zero attached hydrogens (tertiary/aromatic N) is 2. The van der Waals surface area contributed by atoms with E-state index in [-0.39, 0.29) is 5.91 Å². The molecular weight excluding hydrogens is 154 g/mol. The van der Waals surface area contributed by atoms with Crippen molar-refractivity contribution in [1.82, 2.24) is 15.3 Å². The van der Waals surface area contributed by atoms with Gasteiger partial charge < -0.3 is 10.3 Å². The van der Waals surface area contributed by atoms with Crippen molar-refractivity contribution < 1.29 is 4.79 Å². The van der Waals surface area contributed by atoms with E-state index in [9.17, 15) is 4.79 Å². The molecule has 4 heteroatoms. The smallest absolute Gasteiger partial charge is 0.247 e. The lowest BCUT2D eigenvalue weighted by molar-refractivity contribution is -0.123. The first-order chi connectivity index (χ1) is 5.43. The van der Waals surface area contributed by atoms with Crippen molar-refractivity contribution in [3.05, 3.63) is 11.8 Å². The highest BCUT2D eigenvalue weighted by Gasteiger charge is 1.99. The molecule has 0 aromatic rings. The summed E-state index contributed by atoms with van der Waals surface area (Å²) >= 11 is 0. The van der Waals surface area contributed by atoms with E-state index in [1.807, 2.05) is 21.0 Å². The third-order valence-electron chi connectivity index (χ3n) is 1.18. The summed E-state index contributed by atoms with van der Waals surface area (Å²) in [4.78, 5) is 12.7. The number of carbonyl (C=O) groups excluding carboxylic acids is 1. The van der Waals surface area contributed by atoms with Gasteiger partial charge in [0.25, 0.3) is 0 Å². The van der Waals surface area contributed by atoms with Gasteiger partial charge in [0, 0.05) is 40.0 Å². The monoisotopic (exact) mass is 171 g/mol. The van der Waals surface area contributed by atoms with Crippen LogP contribution in [0.3, 0.4) is 0 Å². The molecule has 0 fully saturated rings. The Balaban J connectivity index is 4.07. The number of hydrazine groups is 1. The third-order valence-corrected chi connectivity index (χ3v) is 1.18. The minimum Gasteiger partial charge on any atom is -0.345 e. The maximum Gasteiger partial charge on any atom is 0.247 e. The second kappa shape index (κ2) is 4.77. The highest BCUT2D eigenvalue weighted by Crippen LogP contribution is 1.89. The highest BCUT2D eigenvalue weighted by molar-refractivity contribution is 5.87. The number of amides is 1. The quantitative estimate of drug-likeness (QED) is 0.481. The van der Waals surface area contributed by atoms with E-state index in [0.29, 0.717) is 0 Å². The number of nitrogens with one attached hydrogen (secondary N) is 1. The summed E-state index contributed by atoms with van der Waals surface area (Å²) in [5.41, 5.74) is 3.81. The predicted molar refractivity (Wildman–Crippen MR) is 49.3 cm³/mol. The Bertz CT molecular complexity index is 185. The van der Waals surface area contributed by atoms with Crippen LogP contribution in [0.15, 0.2) is 11.8 Å². The summed E-state index contributed by atoms with van der Waals surface area (Å²) in [5.74, 6) is -0.0122. The zero-order chi connectivity index (χ0) is 9.72. The molecule has 4 nitrogen and oxygen atoms in total. The van der Waals surface area contributed by atoms with Gasteiger partial charge in [0.05, 0.1) is 0 Å². The van der Waals surface area contributed by atoms with Crippen LogP contribution >= 0.6 is 0 Å². The lowest BCUT2D eigenvalue weighted by Gasteiger charge is -2.14. The molecule has 0 aliphatic carbocycles. The van der Waals surface area contributed by atoms with Crippen LogP contribution in [0.25, 0.3) is 0 Å². The molecule has 70 valence electrons. The van der Waals surface area contributed by atoms with E-state index in [1.54, 1.807) is 25.2 Å². The van der Waals surface area contributed by atoms with Gasteiger partial charge in [-0.2, -0.15) is 0 Å². The molecule has 0 aromatic carbocycles. The number of hydrogen-bond acceptors (Lipinski definition) is 3. The van der Waals surface area contributed by atoms with Gasteiger partial charge in [-0.25, -0.2) is 5.01 Å². The van der Waals surface area contributed by atoms with Crippen molar-refractivity contribution in [1.29, 1.82) is 0 Å². The van der Waals surface area contributed by atoms with Crippen molar-refractivity contribution in [3.8, 4) is 0 Å². The predicted octanol–water partition coefficient (Wildman–Crippen LogP) is 0.0446. The Labute approximate surface area is 73.8 Å². The van der Waals surface area contributed by atoms with Crippen LogP contribution in [0.1, 0.15) is 6.92 Å². The molecule has 0 aliphatic rings. The average Bonchev–Trinajstić information content (AvgIpc) is 1.84. The maximum atomic E-state index is 11.1. The molecule has 0 unspecified atom stereocenters. The van der Waals surface area contributed by atoms with E-state index in [4.69, 9.17) is 0 Å². The summed E-state index contributed by atoms with van der Waals surface area (Å²) in [7, 11) is 7.19. The normalized spacial score (nSPS) is 11.7. The van der Waals surface area contributed by atoms with Gasteiger partial charge in [0.2, 0.25) is 5.91 Å². The van der Waals surface area contributed by atoms with E-state index in [0.717, 1.165) is 5.70 Å². The Morgan fingerprint density at radius 3 is 2.08 bits per heavy atom. The molecule has 0 aromatic heterocycles. The molecule has 0 saturated heterocycles. The molecule has 1 amide bonds. The Kier molecular flexibility index (Phi) is 4.36. The molecule has 0 saturated carbocycles. The standard InChI is InChI=1S/C8H17N3O/c1-7(9-11(4)5)6-8(12)10(2)3/h6,9H,1-5H3. The molecule has 0 rings (SSSR count). The first kappa shape index (κ1) is 11.0. The van der Waals surface area contributed by atoms with Crippen molar-refractivity contribution in [2.24, 2.45) is 0 Å². The van der Waals surface area contributed by atoms with E-state index >= 15 is 0 Å². The lowest BCUT2D eigenvalue weighted by atomic mass is 10.4. The summed E-state index contributed by atoms with van der Waals surface area (Å²) in [5, 5.41) is 1.79. The van der Waals surface area contributed by atoms with Gasteiger partial charge in [-0.05, 0) is 6.92 Å². The van der Waals surface area contributed by atoms with Crippen LogP contribution < -0.4 is 5.43 Å². The van der Waals surface area contributed by atoms with Crippen LogP contribution in [-0.4, -0.2) is 44.0 Å². The van der Waals surface area contributed by atoms with Crippen molar-refractivity contribution in [2.45, 2.75) is 6.92 Å². The number of rotatable bonds is 3. The van der Waals surface area contributed by atoms with Gasteiger partial charge >= 0.3 is 0 Å². The van der Waals surface area contributed by atoms with Crippen molar-refractivity contribution >= 4 is 5.91 Å². The van der Waals surface area contributed by atoms with Crippen LogP contribution in [0.2, 0.25) is 0 Å².